The third-order valence-corrected chi connectivity index (χ3v) is 2.87. The maximum absolute atomic E-state index is 5.69. The SMILES string of the molecule is Cc1cn2cc(N)nc2c(-c2cnsc2)n1. The van der Waals surface area contributed by atoms with Crippen molar-refractivity contribution in [3.8, 4) is 11.3 Å². The van der Waals surface area contributed by atoms with E-state index in [1.807, 2.05) is 22.9 Å². The first-order chi connectivity index (χ1) is 7.74. The molecule has 2 N–H and O–H groups in total. The van der Waals surface area contributed by atoms with Gasteiger partial charge < -0.3 is 10.1 Å². The van der Waals surface area contributed by atoms with Crippen LogP contribution in [-0.2, 0) is 0 Å². The van der Waals surface area contributed by atoms with Gasteiger partial charge in [0.15, 0.2) is 5.65 Å². The van der Waals surface area contributed by atoms with Crippen molar-refractivity contribution in [3.05, 3.63) is 29.7 Å². The Labute approximate surface area is 95.8 Å². The summed E-state index contributed by atoms with van der Waals surface area (Å²) in [4.78, 5) is 8.75. The van der Waals surface area contributed by atoms with E-state index in [1.54, 1.807) is 12.4 Å². The van der Waals surface area contributed by atoms with Crippen LogP contribution in [0.15, 0.2) is 24.0 Å². The summed E-state index contributed by atoms with van der Waals surface area (Å²) in [5.74, 6) is 0.497. The maximum atomic E-state index is 5.69. The molecule has 0 saturated heterocycles. The minimum Gasteiger partial charge on any atom is -0.382 e. The van der Waals surface area contributed by atoms with Gasteiger partial charge in [0.25, 0.3) is 0 Å². The highest BCUT2D eigenvalue weighted by Crippen LogP contribution is 2.23. The van der Waals surface area contributed by atoms with E-state index in [2.05, 4.69) is 14.3 Å². The monoisotopic (exact) mass is 231 g/mol. The fraction of sp³-hybridized carbons (Fsp3) is 0.100. The number of aryl methyl sites for hydroxylation is 1. The number of rotatable bonds is 1. The van der Waals surface area contributed by atoms with Gasteiger partial charge in [-0.05, 0) is 18.5 Å². The van der Waals surface area contributed by atoms with E-state index >= 15 is 0 Å². The molecular weight excluding hydrogens is 222 g/mol. The van der Waals surface area contributed by atoms with Gasteiger partial charge in [0, 0.05) is 17.1 Å². The summed E-state index contributed by atoms with van der Waals surface area (Å²) in [5, 5.41) is 1.95. The molecule has 0 bridgehead atoms. The first-order valence-corrected chi connectivity index (χ1v) is 5.59. The highest BCUT2D eigenvalue weighted by molar-refractivity contribution is 7.03. The lowest BCUT2D eigenvalue weighted by molar-refractivity contribution is 1.08. The summed E-state index contributed by atoms with van der Waals surface area (Å²) in [6.07, 6.45) is 5.48. The number of nitrogens with zero attached hydrogens (tertiary/aromatic N) is 4. The van der Waals surface area contributed by atoms with Gasteiger partial charge in [-0.3, -0.25) is 0 Å². The number of imidazole rings is 1. The summed E-state index contributed by atoms with van der Waals surface area (Å²) in [7, 11) is 0. The molecule has 0 spiro atoms. The fourth-order valence-electron chi connectivity index (χ4n) is 1.66. The number of nitrogen functional groups attached to an aromatic ring is 1. The molecule has 5 nitrogen and oxygen atoms in total. The van der Waals surface area contributed by atoms with Crippen LogP contribution in [0.1, 0.15) is 5.69 Å². The van der Waals surface area contributed by atoms with Crippen molar-refractivity contribution in [3.63, 3.8) is 0 Å². The van der Waals surface area contributed by atoms with E-state index in [4.69, 9.17) is 5.73 Å². The molecule has 0 fully saturated rings. The van der Waals surface area contributed by atoms with Crippen molar-refractivity contribution < 1.29 is 0 Å². The summed E-state index contributed by atoms with van der Waals surface area (Å²) in [6, 6.07) is 0. The number of hydrogen-bond acceptors (Lipinski definition) is 5. The second kappa shape index (κ2) is 3.28. The summed E-state index contributed by atoms with van der Waals surface area (Å²) in [6.45, 7) is 1.94. The topological polar surface area (TPSA) is 69.1 Å². The molecule has 0 radical (unpaired) electrons. The van der Waals surface area contributed by atoms with E-state index < -0.39 is 0 Å². The first-order valence-electron chi connectivity index (χ1n) is 4.75. The molecule has 0 aliphatic carbocycles. The van der Waals surface area contributed by atoms with Crippen LogP contribution in [0.25, 0.3) is 16.9 Å². The molecule has 0 saturated carbocycles. The quantitative estimate of drug-likeness (QED) is 0.692. The maximum Gasteiger partial charge on any atom is 0.165 e. The lowest BCUT2D eigenvalue weighted by Gasteiger charge is -2.01. The van der Waals surface area contributed by atoms with Crippen LogP contribution in [0.4, 0.5) is 5.82 Å². The Bertz CT molecular complexity index is 641. The summed E-state index contributed by atoms with van der Waals surface area (Å²) in [5.41, 5.74) is 9.18. The normalized spacial score (nSPS) is 11.1. The van der Waals surface area contributed by atoms with Crippen LogP contribution >= 0.6 is 11.5 Å². The van der Waals surface area contributed by atoms with Crippen molar-refractivity contribution in [2.45, 2.75) is 6.92 Å². The Hall–Kier alpha value is -1.95. The lowest BCUT2D eigenvalue weighted by Crippen LogP contribution is -1.94. The van der Waals surface area contributed by atoms with Gasteiger partial charge in [-0.15, -0.1) is 0 Å². The zero-order valence-corrected chi connectivity index (χ0v) is 9.40. The minimum absolute atomic E-state index is 0.497. The lowest BCUT2D eigenvalue weighted by atomic mass is 10.2. The van der Waals surface area contributed by atoms with Crippen molar-refractivity contribution >= 4 is 23.0 Å². The zero-order chi connectivity index (χ0) is 11.1. The van der Waals surface area contributed by atoms with E-state index in [0.29, 0.717) is 5.82 Å². The van der Waals surface area contributed by atoms with Crippen molar-refractivity contribution in [2.75, 3.05) is 5.73 Å². The van der Waals surface area contributed by atoms with Crippen LogP contribution in [0.2, 0.25) is 0 Å². The van der Waals surface area contributed by atoms with Crippen LogP contribution in [0.3, 0.4) is 0 Å². The molecule has 3 aromatic heterocycles. The molecule has 3 rings (SSSR count). The standard InChI is InChI=1S/C10H9N5S/c1-6-3-15-4-8(11)14-10(15)9(13-6)7-2-12-16-5-7/h2-5H,11H2,1H3. The van der Waals surface area contributed by atoms with Crippen molar-refractivity contribution in [1.82, 2.24) is 18.7 Å². The Morgan fingerprint density at radius 2 is 2.19 bits per heavy atom. The van der Waals surface area contributed by atoms with Gasteiger partial charge in [0.2, 0.25) is 0 Å². The first kappa shape index (κ1) is 9.29. The van der Waals surface area contributed by atoms with Gasteiger partial charge >= 0.3 is 0 Å². The second-order valence-corrected chi connectivity index (χ2v) is 4.20. The highest BCUT2D eigenvalue weighted by atomic mass is 32.1. The molecular formula is C10H9N5S. The average Bonchev–Trinajstić information content (AvgIpc) is 2.83. The van der Waals surface area contributed by atoms with Gasteiger partial charge in [0.1, 0.15) is 11.5 Å². The van der Waals surface area contributed by atoms with Crippen LogP contribution in [-0.4, -0.2) is 18.7 Å². The molecule has 80 valence electrons. The number of aromatic nitrogens is 4. The number of nitrogens with two attached hydrogens (primary N) is 1. The molecule has 6 heteroatoms. The largest absolute Gasteiger partial charge is 0.382 e. The Morgan fingerprint density at radius 3 is 2.94 bits per heavy atom. The highest BCUT2D eigenvalue weighted by Gasteiger charge is 2.10. The Morgan fingerprint density at radius 1 is 1.31 bits per heavy atom. The molecule has 16 heavy (non-hydrogen) atoms. The van der Waals surface area contributed by atoms with Crippen molar-refractivity contribution in [2.24, 2.45) is 0 Å². The van der Waals surface area contributed by atoms with Crippen molar-refractivity contribution in [1.29, 1.82) is 0 Å². The van der Waals surface area contributed by atoms with Gasteiger partial charge in [-0.25, -0.2) is 14.3 Å². The Balaban J connectivity index is 2.38. The van der Waals surface area contributed by atoms with Crippen LogP contribution < -0.4 is 5.73 Å². The van der Waals surface area contributed by atoms with Crippen LogP contribution in [0, 0.1) is 6.92 Å². The number of anilines is 1. The third kappa shape index (κ3) is 1.35. The van der Waals surface area contributed by atoms with E-state index in [-0.39, 0.29) is 0 Å². The minimum atomic E-state index is 0.497. The molecule has 0 atom stereocenters. The third-order valence-electron chi connectivity index (χ3n) is 2.28. The van der Waals surface area contributed by atoms with E-state index in [1.165, 1.54) is 11.5 Å². The Kier molecular flexibility index (Phi) is 1.90. The van der Waals surface area contributed by atoms with Gasteiger partial charge in [0.05, 0.1) is 18.1 Å². The fourth-order valence-corrected chi connectivity index (χ4v) is 2.18. The predicted octanol–water partition coefficient (Wildman–Crippen LogP) is 1.74. The predicted molar refractivity (Wildman–Crippen MR) is 63.2 cm³/mol. The molecule has 3 heterocycles. The summed E-state index contributed by atoms with van der Waals surface area (Å²) >= 11 is 1.40. The molecule has 0 aromatic carbocycles. The second-order valence-electron chi connectivity index (χ2n) is 3.54. The molecule has 0 amide bonds. The summed E-state index contributed by atoms with van der Waals surface area (Å²) < 4.78 is 5.97. The zero-order valence-electron chi connectivity index (χ0n) is 8.58. The average molecular weight is 231 g/mol. The smallest absolute Gasteiger partial charge is 0.165 e. The van der Waals surface area contributed by atoms with E-state index in [9.17, 15) is 0 Å². The van der Waals surface area contributed by atoms with Gasteiger partial charge in [-0.1, -0.05) is 0 Å². The molecule has 3 aromatic rings. The van der Waals surface area contributed by atoms with Gasteiger partial charge in [-0.2, -0.15) is 0 Å². The molecule has 0 unspecified atom stereocenters. The number of fused-ring (bicyclic) bond motifs is 1. The molecule has 0 aliphatic rings. The van der Waals surface area contributed by atoms with E-state index in [0.717, 1.165) is 22.6 Å². The van der Waals surface area contributed by atoms with Crippen LogP contribution in [0.5, 0.6) is 0 Å². The molecule has 0 aliphatic heterocycles. The number of hydrogen-bond donors (Lipinski definition) is 1.